The molecule has 4 nitrogen and oxygen atoms in total. The van der Waals surface area contributed by atoms with E-state index in [-0.39, 0.29) is 18.9 Å². The smallest absolute Gasteiger partial charge is 0.310 e. The maximum absolute atomic E-state index is 11.9. The van der Waals surface area contributed by atoms with E-state index in [1.807, 2.05) is 38.1 Å². The molecule has 1 amide bonds. The highest BCUT2D eigenvalue weighted by atomic mass is 79.9. The predicted octanol–water partition coefficient (Wildman–Crippen LogP) is 2.96. The molecular weight excluding hydrogens is 334 g/mol. The molecule has 0 spiro atoms. The minimum absolute atomic E-state index is 0.160. The highest BCUT2D eigenvalue weighted by molar-refractivity contribution is 9.10. The Balaban J connectivity index is 2.43. The van der Waals surface area contributed by atoms with Gasteiger partial charge in [-0.3, -0.25) is 9.59 Å². The Morgan fingerprint density at radius 1 is 1.29 bits per heavy atom. The maximum atomic E-state index is 11.9. The number of nitrogens with zero attached hydrogens (tertiary/aromatic N) is 1. The number of ether oxygens (including phenoxy) is 1. The number of rotatable bonds is 7. The van der Waals surface area contributed by atoms with E-state index in [2.05, 4.69) is 22.5 Å². The van der Waals surface area contributed by atoms with Gasteiger partial charge in [0.25, 0.3) is 5.91 Å². The molecule has 0 bridgehead atoms. The van der Waals surface area contributed by atoms with E-state index in [1.165, 1.54) is 0 Å². The van der Waals surface area contributed by atoms with Crippen LogP contribution in [0.4, 0.5) is 0 Å². The van der Waals surface area contributed by atoms with Crippen LogP contribution in [0.15, 0.2) is 40.9 Å². The van der Waals surface area contributed by atoms with E-state index < -0.39 is 5.97 Å². The van der Waals surface area contributed by atoms with Gasteiger partial charge in [-0.15, -0.1) is 0 Å². The molecule has 0 fully saturated rings. The minimum atomic E-state index is -0.406. The fourth-order valence-electron chi connectivity index (χ4n) is 1.76. The van der Waals surface area contributed by atoms with Crippen molar-refractivity contribution >= 4 is 27.8 Å². The summed E-state index contributed by atoms with van der Waals surface area (Å²) in [5.41, 5.74) is 1.75. The molecule has 0 saturated carbocycles. The first-order valence-electron chi connectivity index (χ1n) is 6.74. The van der Waals surface area contributed by atoms with Crippen LogP contribution in [0.5, 0.6) is 0 Å². The SMILES string of the molecule is C=C(C)CN(CC)C(=O)COC(=O)Cc1ccc(Br)cc1. The third-order valence-corrected chi connectivity index (χ3v) is 3.34. The number of esters is 1. The Kier molecular flexibility index (Phi) is 7.15. The van der Waals surface area contributed by atoms with Crippen molar-refractivity contribution in [3.63, 3.8) is 0 Å². The van der Waals surface area contributed by atoms with Crippen molar-refractivity contribution < 1.29 is 14.3 Å². The summed E-state index contributed by atoms with van der Waals surface area (Å²) < 4.78 is 5.98. The maximum Gasteiger partial charge on any atom is 0.310 e. The van der Waals surface area contributed by atoms with Gasteiger partial charge in [0.1, 0.15) is 0 Å². The van der Waals surface area contributed by atoms with Crippen LogP contribution in [0.3, 0.4) is 0 Å². The van der Waals surface area contributed by atoms with Crippen molar-refractivity contribution in [3.8, 4) is 0 Å². The highest BCUT2D eigenvalue weighted by Crippen LogP contribution is 2.11. The molecule has 1 rings (SSSR count). The predicted molar refractivity (Wildman–Crippen MR) is 85.9 cm³/mol. The molecule has 0 aliphatic heterocycles. The lowest BCUT2D eigenvalue weighted by Gasteiger charge is -2.20. The fraction of sp³-hybridized carbons (Fsp3) is 0.375. The van der Waals surface area contributed by atoms with Crippen LogP contribution in [0.25, 0.3) is 0 Å². The van der Waals surface area contributed by atoms with Gasteiger partial charge in [0.15, 0.2) is 6.61 Å². The van der Waals surface area contributed by atoms with Gasteiger partial charge >= 0.3 is 5.97 Å². The first kappa shape index (κ1) is 17.4. The molecule has 0 saturated heterocycles. The average molecular weight is 354 g/mol. The lowest BCUT2D eigenvalue weighted by atomic mass is 10.2. The number of hydrogen-bond acceptors (Lipinski definition) is 3. The molecule has 0 aliphatic carbocycles. The summed E-state index contributed by atoms with van der Waals surface area (Å²) in [4.78, 5) is 25.2. The van der Waals surface area contributed by atoms with Crippen molar-refractivity contribution in [3.05, 3.63) is 46.5 Å². The van der Waals surface area contributed by atoms with Crippen LogP contribution in [0, 0.1) is 0 Å². The number of benzene rings is 1. The number of likely N-dealkylation sites (N-methyl/N-ethyl adjacent to an activating group) is 1. The largest absolute Gasteiger partial charge is 0.455 e. The summed E-state index contributed by atoms with van der Waals surface area (Å²) in [6.07, 6.45) is 0.160. The molecular formula is C16H20BrNO3. The van der Waals surface area contributed by atoms with Crippen molar-refractivity contribution in [2.24, 2.45) is 0 Å². The molecule has 0 N–H and O–H groups in total. The Bertz CT molecular complexity index is 511. The van der Waals surface area contributed by atoms with E-state index in [0.29, 0.717) is 13.1 Å². The van der Waals surface area contributed by atoms with E-state index >= 15 is 0 Å². The van der Waals surface area contributed by atoms with Crippen molar-refractivity contribution in [2.75, 3.05) is 19.7 Å². The second kappa shape index (κ2) is 8.62. The minimum Gasteiger partial charge on any atom is -0.455 e. The monoisotopic (exact) mass is 353 g/mol. The zero-order chi connectivity index (χ0) is 15.8. The molecule has 0 heterocycles. The average Bonchev–Trinajstić information content (AvgIpc) is 2.44. The van der Waals surface area contributed by atoms with Crippen LogP contribution >= 0.6 is 15.9 Å². The lowest BCUT2D eigenvalue weighted by molar-refractivity contribution is -0.151. The number of amides is 1. The van der Waals surface area contributed by atoms with Gasteiger partial charge in [-0.2, -0.15) is 0 Å². The lowest BCUT2D eigenvalue weighted by Crippen LogP contribution is -2.35. The Morgan fingerprint density at radius 2 is 1.90 bits per heavy atom. The molecule has 0 radical (unpaired) electrons. The second-order valence-electron chi connectivity index (χ2n) is 4.83. The Labute approximate surface area is 133 Å². The summed E-state index contributed by atoms with van der Waals surface area (Å²) in [6.45, 7) is 8.34. The normalized spacial score (nSPS) is 10.0. The summed E-state index contributed by atoms with van der Waals surface area (Å²) in [6, 6.07) is 7.40. The van der Waals surface area contributed by atoms with Crippen LogP contribution in [-0.4, -0.2) is 36.5 Å². The van der Waals surface area contributed by atoms with Crippen LogP contribution in [0.2, 0.25) is 0 Å². The van der Waals surface area contributed by atoms with Gasteiger partial charge in [-0.1, -0.05) is 40.2 Å². The Morgan fingerprint density at radius 3 is 2.43 bits per heavy atom. The molecule has 0 atom stereocenters. The molecule has 0 unspecified atom stereocenters. The third kappa shape index (κ3) is 6.58. The molecule has 21 heavy (non-hydrogen) atoms. The quantitative estimate of drug-likeness (QED) is 0.559. The Hall–Kier alpha value is -1.62. The van der Waals surface area contributed by atoms with Gasteiger partial charge in [0.05, 0.1) is 6.42 Å². The van der Waals surface area contributed by atoms with E-state index in [4.69, 9.17) is 4.74 Å². The topological polar surface area (TPSA) is 46.6 Å². The van der Waals surface area contributed by atoms with Crippen LogP contribution < -0.4 is 0 Å². The molecule has 5 heteroatoms. The number of carbonyl (C=O) groups excluding carboxylic acids is 2. The second-order valence-corrected chi connectivity index (χ2v) is 5.74. The first-order chi connectivity index (χ1) is 9.92. The van der Waals surface area contributed by atoms with Crippen molar-refractivity contribution in [2.45, 2.75) is 20.3 Å². The number of carbonyl (C=O) groups is 2. The molecule has 0 aliphatic rings. The standard InChI is InChI=1S/C16H20BrNO3/c1-4-18(10-12(2)3)15(19)11-21-16(20)9-13-5-7-14(17)8-6-13/h5-8H,2,4,9-11H2,1,3H3. The van der Waals surface area contributed by atoms with Gasteiger partial charge in [-0.25, -0.2) is 0 Å². The first-order valence-corrected chi connectivity index (χ1v) is 7.54. The van der Waals surface area contributed by atoms with E-state index in [0.717, 1.165) is 15.6 Å². The molecule has 1 aromatic carbocycles. The highest BCUT2D eigenvalue weighted by Gasteiger charge is 2.14. The van der Waals surface area contributed by atoms with Gasteiger partial charge in [0, 0.05) is 17.6 Å². The number of hydrogen-bond donors (Lipinski definition) is 0. The summed E-state index contributed by atoms with van der Waals surface area (Å²) in [5.74, 6) is -0.610. The summed E-state index contributed by atoms with van der Waals surface area (Å²) >= 11 is 3.33. The molecule has 1 aromatic rings. The molecule has 114 valence electrons. The van der Waals surface area contributed by atoms with Crippen LogP contribution in [-0.2, 0) is 20.7 Å². The van der Waals surface area contributed by atoms with E-state index in [9.17, 15) is 9.59 Å². The molecule has 0 aromatic heterocycles. The fourth-order valence-corrected chi connectivity index (χ4v) is 2.02. The zero-order valence-electron chi connectivity index (χ0n) is 12.4. The van der Waals surface area contributed by atoms with Gasteiger partial charge in [0.2, 0.25) is 0 Å². The number of halogens is 1. The van der Waals surface area contributed by atoms with Crippen LogP contribution in [0.1, 0.15) is 19.4 Å². The van der Waals surface area contributed by atoms with Gasteiger partial charge < -0.3 is 9.64 Å². The van der Waals surface area contributed by atoms with Crippen molar-refractivity contribution in [1.82, 2.24) is 4.90 Å². The summed E-state index contributed by atoms with van der Waals surface area (Å²) in [5, 5.41) is 0. The van der Waals surface area contributed by atoms with E-state index in [1.54, 1.807) is 4.90 Å². The van der Waals surface area contributed by atoms with Crippen molar-refractivity contribution in [1.29, 1.82) is 0 Å². The zero-order valence-corrected chi connectivity index (χ0v) is 14.0. The third-order valence-electron chi connectivity index (χ3n) is 2.81. The summed E-state index contributed by atoms with van der Waals surface area (Å²) in [7, 11) is 0. The van der Waals surface area contributed by atoms with Gasteiger partial charge in [-0.05, 0) is 31.5 Å².